The molecule has 2 heterocycles. The summed E-state index contributed by atoms with van der Waals surface area (Å²) >= 11 is 0. The van der Waals surface area contributed by atoms with Crippen LogP contribution in [0.15, 0.2) is 42.6 Å². The van der Waals surface area contributed by atoms with Crippen LogP contribution in [-0.4, -0.2) is 36.4 Å². The first-order valence-corrected chi connectivity index (χ1v) is 8.47. The van der Waals surface area contributed by atoms with Crippen molar-refractivity contribution in [3.8, 4) is 0 Å². The molecule has 0 atom stereocenters. The molecular weight excluding hydrogens is 316 g/mol. The minimum atomic E-state index is -0.281. The van der Waals surface area contributed by atoms with E-state index in [-0.39, 0.29) is 18.4 Å². The van der Waals surface area contributed by atoms with E-state index in [1.54, 1.807) is 18.3 Å². The summed E-state index contributed by atoms with van der Waals surface area (Å²) in [7, 11) is 0. The van der Waals surface area contributed by atoms with Crippen LogP contribution in [0.2, 0.25) is 0 Å². The lowest BCUT2D eigenvalue weighted by molar-refractivity contribution is -0.115. The Morgan fingerprint density at radius 2 is 1.96 bits per heavy atom. The lowest BCUT2D eigenvalue weighted by atomic mass is 10.1. The number of rotatable bonds is 5. The molecule has 0 aliphatic carbocycles. The monoisotopic (exact) mass is 338 g/mol. The lowest BCUT2D eigenvalue weighted by Gasteiger charge is -2.16. The van der Waals surface area contributed by atoms with Gasteiger partial charge in [0.25, 0.3) is 5.91 Å². The summed E-state index contributed by atoms with van der Waals surface area (Å²) in [6.45, 7) is 3.90. The average molecular weight is 338 g/mol. The highest BCUT2D eigenvalue weighted by Crippen LogP contribution is 2.18. The summed E-state index contributed by atoms with van der Waals surface area (Å²) < 4.78 is 0. The number of aromatic nitrogens is 1. The van der Waals surface area contributed by atoms with Crippen LogP contribution in [0.4, 0.5) is 11.5 Å². The van der Waals surface area contributed by atoms with E-state index in [9.17, 15) is 9.59 Å². The Labute approximate surface area is 147 Å². The van der Waals surface area contributed by atoms with E-state index < -0.39 is 0 Å². The van der Waals surface area contributed by atoms with Gasteiger partial charge in [-0.1, -0.05) is 17.7 Å². The Balaban J connectivity index is 1.49. The Morgan fingerprint density at radius 1 is 1.16 bits per heavy atom. The number of benzene rings is 1. The summed E-state index contributed by atoms with van der Waals surface area (Å²) in [5, 5.41) is 5.37. The van der Waals surface area contributed by atoms with Crippen LogP contribution in [0.3, 0.4) is 0 Å². The Kier molecular flexibility index (Phi) is 5.28. The van der Waals surface area contributed by atoms with Crippen LogP contribution in [0, 0.1) is 6.92 Å². The van der Waals surface area contributed by atoms with Gasteiger partial charge in [-0.25, -0.2) is 4.98 Å². The number of nitrogens with zero attached hydrogens (tertiary/aromatic N) is 2. The van der Waals surface area contributed by atoms with Gasteiger partial charge in [0.05, 0.1) is 18.4 Å². The van der Waals surface area contributed by atoms with Gasteiger partial charge < -0.3 is 15.5 Å². The molecule has 1 aromatic carbocycles. The molecule has 2 aromatic rings. The molecule has 0 radical (unpaired) electrons. The van der Waals surface area contributed by atoms with Crippen molar-refractivity contribution in [2.24, 2.45) is 0 Å². The minimum Gasteiger partial charge on any atom is -0.357 e. The molecule has 25 heavy (non-hydrogen) atoms. The highest BCUT2D eigenvalue weighted by molar-refractivity contribution is 5.99. The van der Waals surface area contributed by atoms with Crippen molar-refractivity contribution in [3.63, 3.8) is 0 Å². The largest absolute Gasteiger partial charge is 0.357 e. The zero-order valence-electron chi connectivity index (χ0n) is 14.3. The van der Waals surface area contributed by atoms with E-state index in [0.29, 0.717) is 11.3 Å². The number of pyridine rings is 1. The zero-order valence-corrected chi connectivity index (χ0v) is 14.3. The standard InChI is InChI=1S/C19H22N4O2/c1-14-5-4-6-15(11-14)19(25)21-13-18(24)22-16-7-8-17(20-12-16)23-9-2-3-10-23/h4-8,11-12H,2-3,9-10,13H2,1H3,(H,21,25)(H,22,24). The first kappa shape index (κ1) is 17.0. The Morgan fingerprint density at radius 3 is 2.64 bits per heavy atom. The fourth-order valence-electron chi connectivity index (χ4n) is 2.85. The van der Waals surface area contributed by atoms with Gasteiger partial charge in [-0.2, -0.15) is 0 Å². The number of hydrogen-bond donors (Lipinski definition) is 2. The molecule has 1 aliphatic rings. The van der Waals surface area contributed by atoms with Gasteiger partial charge in [0.1, 0.15) is 5.82 Å². The third-order valence-corrected chi connectivity index (χ3v) is 4.15. The molecule has 0 bridgehead atoms. The molecule has 1 aromatic heterocycles. The van der Waals surface area contributed by atoms with Gasteiger partial charge >= 0.3 is 0 Å². The van der Waals surface area contributed by atoms with Gasteiger partial charge in [-0.05, 0) is 44.0 Å². The van der Waals surface area contributed by atoms with Crippen LogP contribution in [-0.2, 0) is 4.79 Å². The number of aryl methyl sites for hydroxylation is 1. The van der Waals surface area contributed by atoms with Crippen molar-refractivity contribution < 1.29 is 9.59 Å². The van der Waals surface area contributed by atoms with Crippen LogP contribution >= 0.6 is 0 Å². The van der Waals surface area contributed by atoms with Crippen LogP contribution < -0.4 is 15.5 Å². The van der Waals surface area contributed by atoms with Crippen LogP contribution in [0.5, 0.6) is 0 Å². The maximum Gasteiger partial charge on any atom is 0.251 e. The van der Waals surface area contributed by atoms with Crippen LogP contribution in [0.25, 0.3) is 0 Å². The molecule has 0 saturated carbocycles. The quantitative estimate of drug-likeness (QED) is 0.878. The van der Waals surface area contributed by atoms with E-state index in [1.807, 2.05) is 31.2 Å². The smallest absolute Gasteiger partial charge is 0.251 e. The topological polar surface area (TPSA) is 74.3 Å². The fourth-order valence-corrected chi connectivity index (χ4v) is 2.85. The normalized spacial score (nSPS) is 13.6. The summed E-state index contributed by atoms with van der Waals surface area (Å²) in [4.78, 5) is 30.6. The molecule has 2 N–H and O–H groups in total. The van der Waals surface area contributed by atoms with Crippen molar-refractivity contribution >= 4 is 23.3 Å². The molecule has 3 rings (SSSR count). The van der Waals surface area contributed by atoms with E-state index in [4.69, 9.17) is 0 Å². The van der Waals surface area contributed by atoms with Crippen molar-refractivity contribution in [1.82, 2.24) is 10.3 Å². The second-order valence-electron chi connectivity index (χ2n) is 6.20. The molecule has 130 valence electrons. The minimum absolute atomic E-state index is 0.0827. The summed E-state index contributed by atoms with van der Waals surface area (Å²) in [5.74, 6) is 0.390. The molecule has 1 fully saturated rings. The Hall–Kier alpha value is -2.89. The van der Waals surface area contributed by atoms with Crippen molar-refractivity contribution in [2.45, 2.75) is 19.8 Å². The summed E-state index contributed by atoms with van der Waals surface area (Å²) in [6.07, 6.45) is 4.04. The maximum absolute atomic E-state index is 12.0. The van der Waals surface area contributed by atoms with Gasteiger partial charge in [-0.15, -0.1) is 0 Å². The highest BCUT2D eigenvalue weighted by Gasteiger charge is 2.13. The maximum atomic E-state index is 12.0. The summed E-state index contributed by atoms with van der Waals surface area (Å²) in [6, 6.07) is 11.0. The molecule has 6 nitrogen and oxygen atoms in total. The van der Waals surface area contributed by atoms with Crippen molar-refractivity contribution in [1.29, 1.82) is 0 Å². The van der Waals surface area contributed by atoms with Gasteiger partial charge in [0.2, 0.25) is 5.91 Å². The molecule has 0 unspecified atom stereocenters. The third-order valence-electron chi connectivity index (χ3n) is 4.15. The lowest BCUT2D eigenvalue weighted by Crippen LogP contribution is -2.32. The molecular formula is C19H22N4O2. The SMILES string of the molecule is Cc1cccc(C(=O)NCC(=O)Nc2ccc(N3CCCC3)nc2)c1. The number of carbonyl (C=O) groups excluding carboxylic acids is 2. The average Bonchev–Trinajstić information content (AvgIpc) is 3.15. The van der Waals surface area contributed by atoms with Crippen molar-refractivity contribution in [3.05, 3.63) is 53.7 Å². The number of hydrogen-bond acceptors (Lipinski definition) is 4. The second kappa shape index (κ2) is 7.79. The number of carbonyl (C=O) groups is 2. The highest BCUT2D eigenvalue weighted by atomic mass is 16.2. The van der Waals surface area contributed by atoms with E-state index in [0.717, 1.165) is 24.5 Å². The second-order valence-corrected chi connectivity index (χ2v) is 6.20. The zero-order chi connectivity index (χ0) is 17.6. The van der Waals surface area contributed by atoms with E-state index in [1.165, 1.54) is 12.8 Å². The van der Waals surface area contributed by atoms with E-state index in [2.05, 4.69) is 20.5 Å². The number of nitrogens with one attached hydrogen (secondary N) is 2. The van der Waals surface area contributed by atoms with Crippen molar-refractivity contribution in [2.75, 3.05) is 29.9 Å². The first-order chi connectivity index (χ1) is 12.1. The Bertz CT molecular complexity index is 752. The predicted octanol–water partition coefficient (Wildman–Crippen LogP) is 2.36. The van der Waals surface area contributed by atoms with E-state index >= 15 is 0 Å². The molecule has 2 amide bonds. The van der Waals surface area contributed by atoms with Gasteiger partial charge in [-0.3, -0.25) is 9.59 Å². The molecule has 1 aliphatic heterocycles. The summed E-state index contributed by atoms with van der Waals surface area (Å²) in [5.41, 5.74) is 2.17. The number of anilines is 2. The molecule has 0 spiro atoms. The fraction of sp³-hybridized carbons (Fsp3) is 0.316. The van der Waals surface area contributed by atoms with Gasteiger partial charge in [0.15, 0.2) is 0 Å². The van der Waals surface area contributed by atoms with Crippen LogP contribution in [0.1, 0.15) is 28.8 Å². The van der Waals surface area contributed by atoms with Gasteiger partial charge in [0, 0.05) is 18.7 Å². The number of amides is 2. The first-order valence-electron chi connectivity index (χ1n) is 8.47. The third kappa shape index (κ3) is 4.56. The predicted molar refractivity (Wildman–Crippen MR) is 97.8 cm³/mol. The molecule has 6 heteroatoms. The molecule has 1 saturated heterocycles.